The van der Waals surface area contributed by atoms with Crippen LogP contribution in [0.25, 0.3) is 11.1 Å². The molecule has 0 unspecified atom stereocenters. The highest BCUT2D eigenvalue weighted by Gasteiger charge is 2.24. The Morgan fingerprint density at radius 2 is 1.85 bits per heavy atom. The summed E-state index contributed by atoms with van der Waals surface area (Å²) >= 11 is 0. The first-order valence-electron chi connectivity index (χ1n) is 8.85. The number of nitrogens with zero attached hydrogens (tertiary/aromatic N) is 3. The summed E-state index contributed by atoms with van der Waals surface area (Å²) in [6.07, 6.45) is 9.00. The highest BCUT2D eigenvalue weighted by Crippen LogP contribution is 2.29. The van der Waals surface area contributed by atoms with E-state index in [4.69, 9.17) is 0 Å². The van der Waals surface area contributed by atoms with Gasteiger partial charge in [0.05, 0.1) is 12.0 Å². The molecular formula is C20H21N5O. The summed E-state index contributed by atoms with van der Waals surface area (Å²) in [4.78, 5) is 25.9. The molecule has 0 aliphatic carbocycles. The van der Waals surface area contributed by atoms with Crippen molar-refractivity contribution in [1.29, 1.82) is 0 Å². The van der Waals surface area contributed by atoms with Gasteiger partial charge in [0.1, 0.15) is 0 Å². The van der Waals surface area contributed by atoms with E-state index in [0.717, 1.165) is 48.4 Å². The number of aromatic amines is 1. The Morgan fingerprint density at radius 3 is 2.58 bits per heavy atom. The van der Waals surface area contributed by atoms with Crippen LogP contribution in [-0.4, -0.2) is 39.0 Å². The smallest absolute Gasteiger partial charge is 0.321 e. The molecule has 3 aromatic rings. The third-order valence-electron chi connectivity index (χ3n) is 4.90. The van der Waals surface area contributed by atoms with E-state index in [-0.39, 0.29) is 6.03 Å². The highest BCUT2D eigenvalue weighted by atomic mass is 16.2. The lowest BCUT2D eigenvalue weighted by Gasteiger charge is -2.31. The number of imidazole rings is 1. The molecule has 26 heavy (non-hydrogen) atoms. The zero-order valence-electron chi connectivity index (χ0n) is 14.4. The molecule has 2 amide bonds. The van der Waals surface area contributed by atoms with Crippen LogP contribution >= 0.6 is 0 Å². The van der Waals surface area contributed by atoms with Crippen molar-refractivity contribution in [2.24, 2.45) is 0 Å². The number of anilines is 1. The lowest BCUT2D eigenvalue weighted by Crippen LogP contribution is -2.40. The Morgan fingerprint density at radius 1 is 1.08 bits per heavy atom. The lowest BCUT2D eigenvalue weighted by molar-refractivity contribution is 0.194. The number of pyridine rings is 1. The van der Waals surface area contributed by atoms with Crippen molar-refractivity contribution < 1.29 is 4.79 Å². The van der Waals surface area contributed by atoms with Crippen molar-refractivity contribution >= 4 is 11.7 Å². The standard InChI is InChI=1S/C20H21N5O/c26-20(25-11-7-16(8-12-25)19-13-22-14-23-19)24-18-4-2-1-3-17(18)15-5-9-21-10-6-15/h1-6,9-10,13-14,16H,7-8,11-12H2,(H,22,23)(H,24,26). The second-order valence-corrected chi connectivity index (χ2v) is 6.48. The number of aromatic nitrogens is 3. The van der Waals surface area contributed by atoms with E-state index >= 15 is 0 Å². The average molecular weight is 347 g/mol. The number of H-pyrrole nitrogens is 1. The van der Waals surface area contributed by atoms with Crippen molar-refractivity contribution in [3.63, 3.8) is 0 Å². The van der Waals surface area contributed by atoms with Gasteiger partial charge >= 0.3 is 6.03 Å². The molecule has 1 aromatic carbocycles. The number of urea groups is 1. The number of amides is 2. The molecule has 1 aliphatic rings. The minimum Gasteiger partial charge on any atom is -0.348 e. The molecule has 4 rings (SSSR count). The van der Waals surface area contributed by atoms with Crippen LogP contribution in [0.1, 0.15) is 24.5 Å². The van der Waals surface area contributed by atoms with Gasteiger partial charge in [-0.3, -0.25) is 4.98 Å². The van der Waals surface area contributed by atoms with E-state index in [1.165, 1.54) is 0 Å². The number of para-hydroxylation sites is 1. The Balaban J connectivity index is 1.43. The van der Waals surface area contributed by atoms with Crippen LogP contribution in [0.5, 0.6) is 0 Å². The van der Waals surface area contributed by atoms with E-state index in [1.807, 2.05) is 47.5 Å². The summed E-state index contributed by atoms with van der Waals surface area (Å²) in [6.45, 7) is 1.49. The predicted octanol–water partition coefficient (Wildman–Crippen LogP) is 3.88. The van der Waals surface area contributed by atoms with Gasteiger partial charge in [0.25, 0.3) is 0 Å². The zero-order valence-corrected chi connectivity index (χ0v) is 14.4. The van der Waals surface area contributed by atoms with Crippen LogP contribution in [0.3, 0.4) is 0 Å². The van der Waals surface area contributed by atoms with Crippen molar-refractivity contribution in [1.82, 2.24) is 19.9 Å². The molecule has 132 valence electrons. The molecule has 2 aromatic heterocycles. The molecule has 0 saturated carbocycles. The van der Waals surface area contributed by atoms with Crippen LogP contribution in [0.2, 0.25) is 0 Å². The molecule has 6 heteroatoms. The third-order valence-corrected chi connectivity index (χ3v) is 4.90. The van der Waals surface area contributed by atoms with Crippen LogP contribution in [0.15, 0.2) is 61.3 Å². The van der Waals surface area contributed by atoms with Gasteiger partial charge in [-0.25, -0.2) is 9.78 Å². The first-order valence-corrected chi connectivity index (χ1v) is 8.85. The Labute approximate surface area is 152 Å². The van der Waals surface area contributed by atoms with E-state index in [9.17, 15) is 4.79 Å². The van der Waals surface area contributed by atoms with E-state index in [0.29, 0.717) is 5.92 Å². The van der Waals surface area contributed by atoms with E-state index in [1.54, 1.807) is 18.7 Å². The van der Waals surface area contributed by atoms with Gasteiger partial charge in [0.15, 0.2) is 0 Å². The predicted molar refractivity (Wildman–Crippen MR) is 101 cm³/mol. The minimum absolute atomic E-state index is 0.0467. The molecular weight excluding hydrogens is 326 g/mol. The summed E-state index contributed by atoms with van der Waals surface area (Å²) < 4.78 is 0. The maximum absolute atomic E-state index is 12.7. The summed E-state index contributed by atoms with van der Waals surface area (Å²) in [7, 11) is 0. The summed E-state index contributed by atoms with van der Waals surface area (Å²) in [6, 6.07) is 11.7. The molecule has 1 aliphatic heterocycles. The summed E-state index contributed by atoms with van der Waals surface area (Å²) in [5.41, 5.74) is 4.01. The normalized spacial score (nSPS) is 15.0. The fourth-order valence-electron chi connectivity index (χ4n) is 3.45. The molecule has 0 radical (unpaired) electrons. The number of carbonyl (C=O) groups excluding carboxylic acids is 1. The van der Waals surface area contributed by atoms with Gasteiger partial charge in [-0.05, 0) is 36.6 Å². The largest absolute Gasteiger partial charge is 0.348 e. The first kappa shape index (κ1) is 16.3. The SMILES string of the molecule is O=C(Nc1ccccc1-c1ccncc1)N1CCC(c2cnc[nH]2)CC1. The molecule has 0 bridgehead atoms. The van der Waals surface area contributed by atoms with Crippen LogP contribution < -0.4 is 5.32 Å². The van der Waals surface area contributed by atoms with Crippen LogP contribution in [0.4, 0.5) is 10.5 Å². The average Bonchev–Trinajstić information content (AvgIpc) is 3.24. The first-order chi connectivity index (χ1) is 12.8. The second-order valence-electron chi connectivity index (χ2n) is 6.48. The van der Waals surface area contributed by atoms with Crippen molar-refractivity contribution in [2.75, 3.05) is 18.4 Å². The highest BCUT2D eigenvalue weighted by molar-refractivity contribution is 5.94. The van der Waals surface area contributed by atoms with Gasteiger partial charge in [0, 0.05) is 48.9 Å². The quantitative estimate of drug-likeness (QED) is 0.755. The van der Waals surface area contributed by atoms with E-state index in [2.05, 4.69) is 20.3 Å². The number of piperidine rings is 1. The molecule has 0 atom stereocenters. The topological polar surface area (TPSA) is 73.9 Å². The lowest BCUT2D eigenvalue weighted by atomic mass is 9.94. The van der Waals surface area contributed by atoms with Gasteiger partial charge in [-0.2, -0.15) is 0 Å². The van der Waals surface area contributed by atoms with Crippen LogP contribution in [-0.2, 0) is 0 Å². The van der Waals surface area contributed by atoms with Crippen molar-refractivity contribution in [3.8, 4) is 11.1 Å². The number of likely N-dealkylation sites (tertiary alicyclic amines) is 1. The monoisotopic (exact) mass is 347 g/mol. The molecule has 1 fully saturated rings. The van der Waals surface area contributed by atoms with Gasteiger partial charge in [-0.15, -0.1) is 0 Å². The Kier molecular flexibility index (Phi) is 4.64. The fraction of sp³-hybridized carbons (Fsp3) is 0.250. The summed E-state index contributed by atoms with van der Waals surface area (Å²) in [5.74, 6) is 0.450. The van der Waals surface area contributed by atoms with Crippen LogP contribution in [0, 0.1) is 0 Å². The Hall–Kier alpha value is -3.15. The third kappa shape index (κ3) is 3.44. The summed E-state index contributed by atoms with van der Waals surface area (Å²) in [5, 5.41) is 3.07. The molecule has 3 heterocycles. The maximum Gasteiger partial charge on any atom is 0.321 e. The number of hydrogen-bond donors (Lipinski definition) is 2. The van der Waals surface area contributed by atoms with Gasteiger partial charge < -0.3 is 15.2 Å². The molecule has 6 nitrogen and oxygen atoms in total. The number of benzene rings is 1. The molecule has 0 spiro atoms. The Bertz CT molecular complexity index is 855. The van der Waals surface area contributed by atoms with Gasteiger partial charge in [0.2, 0.25) is 0 Å². The number of carbonyl (C=O) groups is 1. The number of hydrogen-bond acceptors (Lipinski definition) is 3. The zero-order chi connectivity index (χ0) is 17.8. The van der Waals surface area contributed by atoms with Crippen molar-refractivity contribution in [3.05, 3.63) is 67.0 Å². The van der Waals surface area contributed by atoms with Gasteiger partial charge in [-0.1, -0.05) is 18.2 Å². The maximum atomic E-state index is 12.7. The molecule has 2 N–H and O–H groups in total. The number of nitrogens with one attached hydrogen (secondary N) is 2. The number of rotatable bonds is 3. The fourth-order valence-corrected chi connectivity index (χ4v) is 3.45. The second kappa shape index (κ2) is 7.39. The molecule has 1 saturated heterocycles. The van der Waals surface area contributed by atoms with Crippen molar-refractivity contribution in [2.45, 2.75) is 18.8 Å². The minimum atomic E-state index is -0.0467. The van der Waals surface area contributed by atoms with E-state index < -0.39 is 0 Å².